The molecule has 2 aromatic heterocycles. The van der Waals surface area contributed by atoms with Crippen LogP contribution in [-0.4, -0.2) is 9.55 Å². The van der Waals surface area contributed by atoms with Crippen LogP contribution in [0.3, 0.4) is 0 Å². The number of thiophene rings is 1. The highest BCUT2D eigenvalue weighted by molar-refractivity contribution is 7.98. The molecule has 0 N–H and O–H groups in total. The molecule has 4 rings (SSSR count). The number of allylic oxidation sites excluding steroid dienone is 1. The lowest BCUT2D eigenvalue weighted by Crippen LogP contribution is -2.22. The topological polar surface area (TPSA) is 34.9 Å². The van der Waals surface area contributed by atoms with Crippen LogP contribution in [0.4, 0.5) is 0 Å². The number of hydrogen-bond acceptors (Lipinski definition) is 4. The van der Waals surface area contributed by atoms with Gasteiger partial charge in [0.2, 0.25) is 0 Å². The Bertz CT molecular complexity index is 1290. The first kappa shape index (κ1) is 21.2. The summed E-state index contributed by atoms with van der Waals surface area (Å²) in [6.07, 6.45) is 1.72. The molecule has 0 atom stereocenters. The third-order valence-corrected chi connectivity index (χ3v) is 7.34. The lowest BCUT2D eigenvalue weighted by Gasteiger charge is -2.11. The van der Waals surface area contributed by atoms with Crippen LogP contribution in [0.15, 0.2) is 70.5 Å². The molecular weight excluding hydrogens is 455 g/mol. The maximum Gasteiger partial charge on any atom is 0.263 e. The Kier molecular flexibility index (Phi) is 6.34. The van der Waals surface area contributed by atoms with Gasteiger partial charge in [0, 0.05) is 23.2 Å². The van der Waals surface area contributed by atoms with Gasteiger partial charge in [-0.2, -0.15) is 0 Å². The maximum atomic E-state index is 13.4. The molecule has 0 unspecified atom stereocenters. The summed E-state index contributed by atoms with van der Waals surface area (Å²) < 4.78 is 1.68. The van der Waals surface area contributed by atoms with Crippen LogP contribution in [0.1, 0.15) is 11.1 Å². The summed E-state index contributed by atoms with van der Waals surface area (Å²) in [5.41, 5.74) is 4.09. The molecule has 0 radical (unpaired) electrons. The molecule has 0 bridgehead atoms. The molecule has 0 aliphatic carbocycles. The van der Waals surface area contributed by atoms with Gasteiger partial charge >= 0.3 is 0 Å². The molecule has 0 saturated heterocycles. The number of halogens is 2. The zero-order valence-corrected chi connectivity index (χ0v) is 19.3. The molecule has 0 aliphatic heterocycles. The minimum Gasteiger partial charge on any atom is -0.283 e. The van der Waals surface area contributed by atoms with Crippen molar-refractivity contribution in [3.05, 3.63) is 92.0 Å². The summed E-state index contributed by atoms with van der Waals surface area (Å²) in [6.45, 7) is 6.25. The van der Waals surface area contributed by atoms with Gasteiger partial charge in [0.25, 0.3) is 5.56 Å². The van der Waals surface area contributed by atoms with E-state index in [1.54, 1.807) is 16.7 Å². The number of aromatic nitrogens is 2. The highest BCUT2D eigenvalue weighted by Gasteiger charge is 2.17. The second kappa shape index (κ2) is 8.98. The monoisotopic (exact) mass is 472 g/mol. The number of thioether (sulfide) groups is 1. The minimum absolute atomic E-state index is 0.0478. The van der Waals surface area contributed by atoms with Crippen molar-refractivity contribution in [2.24, 2.45) is 0 Å². The maximum absolute atomic E-state index is 13.4. The molecule has 0 amide bonds. The molecule has 0 saturated carbocycles. The van der Waals surface area contributed by atoms with E-state index in [1.807, 2.05) is 36.6 Å². The van der Waals surface area contributed by atoms with Gasteiger partial charge in [-0.15, -0.1) is 17.9 Å². The van der Waals surface area contributed by atoms with Crippen molar-refractivity contribution in [3.8, 4) is 11.1 Å². The van der Waals surface area contributed by atoms with E-state index in [4.69, 9.17) is 28.2 Å². The van der Waals surface area contributed by atoms with Crippen LogP contribution in [0.25, 0.3) is 21.3 Å². The van der Waals surface area contributed by atoms with E-state index in [1.165, 1.54) is 28.7 Å². The quantitative estimate of drug-likeness (QED) is 0.169. The van der Waals surface area contributed by atoms with E-state index in [2.05, 4.69) is 18.7 Å². The number of nitrogens with zero attached hydrogens (tertiary/aromatic N) is 2. The first-order valence-electron chi connectivity index (χ1n) is 9.24. The Balaban J connectivity index is 1.76. The molecule has 0 spiro atoms. The number of rotatable bonds is 6. The summed E-state index contributed by atoms with van der Waals surface area (Å²) in [6, 6.07) is 13.7. The highest BCUT2D eigenvalue weighted by atomic mass is 35.5. The Morgan fingerprint density at radius 3 is 2.63 bits per heavy atom. The third-order valence-electron chi connectivity index (χ3n) is 4.68. The summed E-state index contributed by atoms with van der Waals surface area (Å²) >= 11 is 15.1. The standard InChI is InChI=1S/C23H18Cl2N2OS2/c1-3-10-27-22(28)20-17(16-7-4-14(2)5-8-16)13-29-21(20)26-23(27)30-12-15-6-9-18(24)19(25)11-15/h3-9,11,13H,1,10,12H2,2H3. The molecule has 7 heteroatoms. The Morgan fingerprint density at radius 2 is 1.93 bits per heavy atom. The van der Waals surface area contributed by atoms with Crippen LogP contribution in [-0.2, 0) is 12.3 Å². The number of aryl methyl sites for hydroxylation is 1. The Morgan fingerprint density at radius 1 is 1.17 bits per heavy atom. The van der Waals surface area contributed by atoms with Crippen LogP contribution in [0.5, 0.6) is 0 Å². The zero-order valence-electron chi connectivity index (χ0n) is 16.2. The molecule has 2 aromatic carbocycles. The normalized spacial score (nSPS) is 11.2. The summed E-state index contributed by atoms with van der Waals surface area (Å²) in [7, 11) is 0. The SMILES string of the molecule is C=CCn1c(SCc2ccc(Cl)c(Cl)c2)nc2scc(-c3ccc(C)cc3)c2c1=O. The molecule has 0 aliphatic rings. The minimum atomic E-state index is -0.0478. The van der Waals surface area contributed by atoms with Crippen LogP contribution < -0.4 is 5.56 Å². The molecule has 0 fully saturated rings. The molecule has 4 aromatic rings. The van der Waals surface area contributed by atoms with Crippen LogP contribution in [0.2, 0.25) is 10.0 Å². The second-order valence-corrected chi connectivity index (χ2v) is 9.45. The first-order chi connectivity index (χ1) is 14.5. The Hall–Kier alpha value is -2.05. The van der Waals surface area contributed by atoms with Gasteiger partial charge in [0.1, 0.15) is 4.83 Å². The van der Waals surface area contributed by atoms with Crippen LogP contribution >= 0.6 is 46.3 Å². The summed E-state index contributed by atoms with van der Waals surface area (Å²) in [5, 5.41) is 4.37. The lowest BCUT2D eigenvalue weighted by atomic mass is 10.1. The first-order valence-corrected chi connectivity index (χ1v) is 11.9. The smallest absolute Gasteiger partial charge is 0.263 e. The van der Waals surface area contributed by atoms with Gasteiger partial charge in [0.15, 0.2) is 5.16 Å². The van der Waals surface area contributed by atoms with E-state index in [9.17, 15) is 4.79 Å². The van der Waals surface area contributed by atoms with E-state index < -0.39 is 0 Å². The molecule has 152 valence electrons. The Labute approximate surface area is 193 Å². The van der Waals surface area contributed by atoms with E-state index in [-0.39, 0.29) is 5.56 Å². The van der Waals surface area contributed by atoms with Gasteiger partial charge in [-0.25, -0.2) is 4.98 Å². The number of fused-ring (bicyclic) bond motifs is 1. The number of benzene rings is 2. The van der Waals surface area contributed by atoms with Crippen molar-refractivity contribution in [1.82, 2.24) is 9.55 Å². The van der Waals surface area contributed by atoms with E-state index >= 15 is 0 Å². The fraction of sp³-hybridized carbons (Fsp3) is 0.130. The van der Waals surface area contributed by atoms with E-state index in [0.29, 0.717) is 32.9 Å². The van der Waals surface area contributed by atoms with Gasteiger partial charge in [-0.1, -0.05) is 76.9 Å². The summed E-state index contributed by atoms with van der Waals surface area (Å²) in [5.74, 6) is 0.627. The van der Waals surface area contributed by atoms with Gasteiger partial charge in [0.05, 0.1) is 15.4 Å². The van der Waals surface area contributed by atoms with Gasteiger partial charge < -0.3 is 0 Å². The second-order valence-electron chi connectivity index (χ2n) is 6.83. The molecule has 2 heterocycles. The average molecular weight is 473 g/mol. The summed E-state index contributed by atoms with van der Waals surface area (Å²) in [4.78, 5) is 19.0. The third kappa shape index (κ3) is 4.21. The van der Waals surface area contributed by atoms with Gasteiger partial charge in [-0.3, -0.25) is 9.36 Å². The predicted octanol–water partition coefficient (Wildman–Crippen LogP) is 7.22. The van der Waals surface area contributed by atoms with Crippen molar-refractivity contribution in [1.29, 1.82) is 0 Å². The van der Waals surface area contributed by atoms with Crippen molar-refractivity contribution >= 4 is 56.5 Å². The highest BCUT2D eigenvalue weighted by Crippen LogP contribution is 2.33. The molecular formula is C23H18Cl2N2OS2. The van der Waals surface area contributed by atoms with Gasteiger partial charge in [-0.05, 0) is 30.2 Å². The predicted molar refractivity (Wildman–Crippen MR) is 130 cm³/mol. The van der Waals surface area contributed by atoms with Crippen molar-refractivity contribution in [2.45, 2.75) is 24.4 Å². The lowest BCUT2D eigenvalue weighted by molar-refractivity contribution is 0.673. The largest absolute Gasteiger partial charge is 0.283 e. The number of hydrogen-bond donors (Lipinski definition) is 0. The molecule has 30 heavy (non-hydrogen) atoms. The zero-order chi connectivity index (χ0) is 21.3. The molecule has 3 nitrogen and oxygen atoms in total. The van der Waals surface area contributed by atoms with Crippen LogP contribution in [0, 0.1) is 6.92 Å². The van der Waals surface area contributed by atoms with E-state index in [0.717, 1.165) is 21.5 Å². The fourth-order valence-electron chi connectivity index (χ4n) is 3.13. The van der Waals surface area contributed by atoms with Crippen molar-refractivity contribution in [3.63, 3.8) is 0 Å². The van der Waals surface area contributed by atoms with Crippen molar-refractivity contribution in [2.75, 3.05) is 0 Å². The average Bonchev–Trinajstić information content (AvgIpc) is 3.16. The van der Waals surface area contributed by atoms with Crippen molar-refractivity contribution < 1.29 is 0 Å². The fourth-order valence-corrected chi connectivity index (χ4v) is 5.39.